The molecule has 0 spiro atoms. The summed E-state index contributed by atoms with van der Waals surface area (Å²) >= 11 is 0. The van der Waals surface area contributed by atoms with E-state index in [1.165, 1.54) is 0 Å². The van der Waals surface area contributed by atoms with Gasteiger partial charge in [0.2, 0.25) is 5.91 Å². The SMILES string of the molecule is NC1(C(=O)NC2(CC(=O)O)CCC2)CCOCC1. The number of carboxylic acid groups (broad SMARTS) is 1. The van der Waals surface area contributed by atoms with Crippen LogP contribution in [-0.4, -0.2) is 41.3 Å². The first kappa shape index (κ1) is 13.3. The summed E-state index contributed by atoms with van der Waals surface area (Å²) in [7, 11) is 0. The van der Waals surface area contributed by atoms with E-state index in [-0.39, 0.29) is 12.3 Å². The first-order valence-corrected chi connectivity index (χ1v) is 6.37. The van der Waals surface area contributed by atoms with Gasteiger partial charge in [-0.05, 0) is 32.1 Å². The Bertz CT molecular complexity index is 346. The summed E-state index contributed by atoms with van der Waals surface area (Å²) < 4.78 is 5.20. The molecule has 0 unspecified atom stereocenters. The molecule has 0 atom stereocenters. The third kappa shape index (κ3) is 2.64. The van der Waals surface area contributed by atoms with Gasteiger partial charge in [-0.15, -0.1) is 0 Å². The Morgan fingerprint density at radius 1 is 1.22 bits per heavy atom. The molecule has 6 nitrogen and oxygen atoms in total. The van der Waals surface area contributed by atoms with Gasteiger partial charge in [-0.2, -0.15) is 0 Å². The lowest BCUT2D eigenvalue weighted by atomic mass is 9.73. The number of hydrogen-bond donors (Lipinski definition) is 3. The Kier molecular flexibility index (Phi) is 3.59. The summed E-state index contributed by atoms with van der Waals surface area (Å²) in [6, 6.07) is 0. The Morgan fingerprint density at radius 3 is 2.28 bits per heavy atom. The van der Waals surface area contributed by atoms with Gasteiger partial charge < -0.3 is 20.9 Å². The van der Waals surface area contributed by atoms with E-state index in [9.17, 15) is 9.59 Å². The predicted octanol–water partition coefficient (Wildman–Crippen LogP) is 0.00790. The van der Waals surface area contributed by atoms with E-state index in [2.05, 4.69) is 5.32 Å². The lowest BCUT2D eigenvalue weighted by Gasteiger charge is -2.44. The summed E-state index contributed by atoms with van der Waals surface area (Å²) in [5, 5.41) is 11.8. The molecule has 0 radical (unpaired) electrons. The van der Waals surface area contributed by atoms with Gasteiger partial charge in [-0.1, -0.05) is 0 Å². The van der Waals surface area contributed by atoms with E-state index in [1.807, 2.05) is 0 Å². The van der Waals surface area contributed by atoms with Crippen molar-refractivity contribution in [2.75, 3.05) is 13.2 Å². The second-order valence-electron chi connectivity index (χ2n) is 5.43. The van der Waals surface area contributed by atoms with Crippen LogP contribution >= 0.6 is 0 Å². The van der Waals surface area contributed by atoms with Crippen LogP contribution in [0.3, 0.4) is 0 Å². The maximum Gasteiger partial charge on any atom is 0.305 e. The molecule has 6 heteroatoms. The van der Waals surface area contributed by atoms with Crippen LogP contribution in [0.2, 0.25) is 0 Å². The average Bonchev–Trinajstić information content (AvgIpc) is 2.26. The molecule has 1 heterocycles. The highest BCUT2D eigenvalue weighted by Gasteiger charge is 2.45. The molecule has 1 amide bonds. The monoisotopic (exact) mass is 256 g/mol. The molecule has 0 bridgehead atoms. The minimum Gasteiger partial charge on any atom is -0.481 e. The first-order valence-electron chi connectivity index (χ1n) is 6.37. The molecule has 0 aromatic rings. The zero-order chi connectivity index (χ0) is 13.2. The van der Waals surface area contributed by atoms with Gasteiger partial charge in [-0.3, -0.25) is 9.59 Å². The molecule has 2 rings (SSSR count). The molecule has 18 heavy (non-hydrogen) atoms. The van der Waals surface area contributed by atoms with E-state index in [0.29, 0.717) is 26.1 Å². The number of carboxylic acids is 1. The van der Waals surface area contributed by atoms with Crippen molar-refractivity contribution < 1.29 is 19.4 Å². The maximum atomic E-state index is 12.2. The summed E-state index contributed by atoms with van der Waals surface area (Å²) in [5.41, 5.74) is 4.60. The molecule has 1 aliphatic heterocycles. The second-order valence-corrected chi connectivity index (χ2v) is 5.43. The summed E-state index contributed by atoms with van der Waals surface area (Å²) in [6.07, 6.45) is 3.35. The minimum atomic E-state index is -0.903. The fraction of sp³-hybridized carbons (Fsp3) is 0.833. The Hall–Kier alpha value is -1.14. The Labute approximate surface area is 106 Å². The fourth-order valence-corrected chi connectivity index (χ4v) is 2.57. The van der Waals surface area contributed by atoms with Gasteiger partial charge in [-0.25, -0.2) is 0 Å². The van der Waals surface area contributed by atoms with Gasteiger partial charge in [0.05, 0.1) is 17.5 Å². The molecular formula is C12H20N2O4. The standard InChI is InChI=1S/C12H20N2O4/c13-12(4-6-18-7-5-12)10(17)14-11(2-1-3-11)8-9(15)16/h1-8,13H2,(H,14,17)(H,15,16). The van der Waals surface area contributed by atoms with Crippen molar-refractivity contribution in [1.82, 2.24) is 5.32 Å². The number of carbonyl (C=O) groups excluding carboxylic acids is 1. The molecule has 0 aromatic carbocycles. The first-order chi connectivity index (χ1) is 8.46. The average molecular weight is 256 g/mol. The van der Waals surface area contributed by atoms with Crippen molar-refractivity contribution in [3.8, 4) is 0 Å². The highest BCUT2D eigenvalue weighted by atomic mass is 16.5. The highest BCUT2D eigenvalue weighted by Crippen LogP contribution is 2.35. The van der Waals surface area contributed by atoms with Gasteiger partial charge in [0.1, 0.15) is 0 Å². The van der Waals surface area contributed by atoms with Gasteiger partial charge in [0, 0.05) is 13.2 Å². The Morgan fingerprint density at radius 2 is 1.83 bits per heavy atom. The van der Waals surface area contributed by atoms with Crippen molar-refractivity contribution in [1.29, 1.82) is 0 Å². The minimum absolute atomic E-state index is 0.0225. The molecule has 102 valence electrons. The van der Waals surface area contributed by atoms with Crippen LogP contribution < -0.4 is 11.1 Å². The van der Waals surface area contributed by atoms with E-state index in [1.54, 1.807) is 0 Å². The summed E-state index contributed by atoms with van der Waals surface area (Å²) in [6.45, 7) is 0.964. The van der Waals surface area contributed by atoms with E-state index in [4.69, 9.17) is 15.6 Å². The third-order valence-electron chi connectivity index (χ3n) is 4.02. The number of rotatable bonds is 4. The van der Waals surface area contributed by atoms with Crippen LogP contribution in [0.15, 0.2) is 0 Å². The van der Waals surface area contributed by atoms with Crippen molar-refractivity contribution in [2.45, 2.75) is 49.6 Å². The zero-order valence-electron chi connectivity index (χ0n) is 10.4. The summed E-state index contributed by atoms with van der Waals surface area (Å²) in [4.78, 5) is 23.1. The second kappa shape index (κ2) is 4.85. The van der Waals surface area contributed by atoms with Crippen molar-refractivity contribution in [3.63, 3.8) is 0 Å². The van der Waals surface area contributed by atoms with Crippen molar-refractivity contribution >= 4 is 11.9 Å². The van der Waals surface area contributed by atoms with Crippen LogP contribution in [0.25, 0.3) is 0 Å². The third-order valence-corrected chi connectivity index (χ3v) is 4.02. The topological polar surface area (TPSA) is 102 Å². The van der Waals surface area contributed by atoms with E-state index in [0.717, 1.165) is 19.3 Å². The van der Waals surface area contributed by atoms with Gasteiger partial charge >= 0.3 is 5.97 Å². The van der Waals surface area contributed by atoms with Crippen LogP contribution in [0.1, 0.15) is 38.5 Å². The van der Waals surface area contributed by atoms with Crippen molar-refractivity contribution in [2.24, 2.45) is 5.73 Å². The van der Waals surface area contributed by atoms with Crippen LogP contribution in [0.5, 0.6) is 0 Å². The summed E-state index contributed by atoms with van der Waals surface area (Å²) in [5.74, 6) is -1.11. The van der Waals surface area contributed by atoms with Gasteiger partial charge in [0.25, 0.3) is 0 Å². The zero-order valence-corrected chi connectivity index (χ0v) is 10.4. The van der Waals surface area contributed by atoms with Crippen LogP contribution in [0.4, 0.5) is 0 Å². The van der Waals surface area contributed by atoms with Crippen molar-refractivity contribution in [3.05, 3.63) is 0 Å². The molecule has 0 aromatic heterocycles. The largest absolute Gasteiger partial charge is 0.481 e. The van der Waals surface area contributed by atoms with Crippen LogP contribution in [0, 0.1) is 0 Å². The molecule has 2 aliphatic rings. The number of aliphatic carboxylic acids is 1. The van der Waals surface area contributed by atoms with Crippen LogP contribution in [-0.2, 0) is 14.3 Å². The number of nitrogens with two attached hydrogens (primary N) is 1. The molecule has 1 aliphatic carbocycles. The fourth-order valence-electron chi connectivity index (χ4n) is 2.57. The lowest BCUT2D eigenvalue weighted by Crippen LogP contribution is -2.64. The number of amides is 1. The molecular weight excluding hydrogens is 236 g/mol. The smallest absolute Gasteiger partial charge is 0.305 e. The number of nitrogens with one attached hydrogen (secondary N) is 1. The normalized spacial score (nSPS) is 24.9. The predicted molar refractivity (Wildman–Crippen MR) is 63.9 cm³/mol. The van der Waals surface area contributed by atoms with E-state index >= 15 is 0 Å². The number of ether oxygens (including phenoxy) is 1. The maximum absolute atomic E-state index is 12.2. The number of carbonyl (C=O) groups is 2. The Balaban J connectivity index is 1.98. The lowest BCUT2D eigenvalue weighted by molar-refractivity contribution is -0.141. The molecule has 2 fully saturated rings. The van der Waals surface area contributed by atoms with Gasteiger partial charge in [0.15, 0.2) is 0 Å². The quantitative estimate of drug-likeness (QED) is 0.657. The number of hydrogen-bond acceptors (Lipinski definition) is 4. The molecule has 4 N–H and O–H groups in total. The molecule has 1 saturated carbocycles. The highest BCUT2D eigenvalue weighted by molar-refractivity contribution is 5.87. The van der Waals surface area contributed by atoms with E-state index < -0.39 is 17.0 Å². The molecule has 1 saturated heterocycles.